The third kappa shape index (κ3) is 1.46. The molecule has 17 heavy (non-hydrogen) atoms. The number of fused-ring (bicyclic) bond motifs is 3. The van der Waals surface area contributed by atoms with Crippen LogP contribution < -0.4 is 0 Å². The van der Waals surface area contributed by atoms with E-state index in [2.05, 4.69) is 20.8 Å². The van der Waals surface area contributed by atoms with Gasteiger partial charge in [0.05, 0.1) is 12.2 Å². The molecule has 3 aliphatic carbocycles. The molecule has 98 valence electrons. The quantitative estimate of drug-likeness (QED) is 0.736. The fourth-order valence-electron chi connectivity index (χ4n) is 5.34. The highest BCUT2D eigenvalue weighted by Crippen LogP contribution is 2.71. The highest BCUT2D eigenvalue weighted by Gasteiger charge is 2.67. The molecule has 3 aliphatic rings. The zero-order chi connectivity index (χ0) is 12.4. The predicted molar refractivity (Wildman–Crippen MR) is 67.4 cm³/mol. The molecule has 2 nitrogen and oxygen atoms in total. The van der Waals surface area contributed by atoms with Gasteiger partial charge >= 0.3 is 0 Å². The minimum Gasteiger partial charge on any atom is -0.393 e. The summed E-state index contributed by atoms with van der Waals surface area (Å²) in [6.07, 6.45) is 4.26. The van der Waals surface area contributed by atoms with Crippen molar-refractivity contribution < 1.29 is 10.2 Å². The molecule has 2 heteroatoms. The third-order valence-corrected chi connectivity index (χ3v) is 6.46. The summed E-state index contributed by atoms with van der Waals surface area (Å²) in [5.74, 6) is 3.31. The first-order valence-electron chi connectivity index (χ1n) is 7.25. The molecule has 6 atom stereocenters. The van der Waals surface area contributed by atoms with Crippen molar-refractivity contribution in [1.82, 2.24) is 0 Å². The van der Waals surface area contributed by atoms with Gasteiger partial charge in [-0.25, -0.2) is 0 Å². The van der Waals surface area contributed by atoms with Gasteiger partial charge in [0.15, 0.2) is 0 Å². The molecule has 1 unspecified atom stereocenters. The molecule has 0 aromatic carbocycles. The van der Waals surface area contributed by atoms with Crippen molar-refractivity contribution in [3.8, 4) is 0 Å². The van der Waals surface area contributed by atoms with Gasteiger partial charge in [-0.3, -0.25) is 0 Å². The monoisotopic (exact) mass is 238 g/mol. The summed E-state index contributed by atoms with van der Waals surface area (Å²) >= 11 is 0. The van der Waals surface area contributed by atoms with E-state index in [9.17, 15) is 10.2 Å². The van der Waals surface area contributed by atoms with Gasteiger partial charge in [-0.05, 0) is 54.3 Å². The van der Waals surface area contributed by atoms with Crippen molar-refractivity contribution in [1.29, 1.82) is 0 Å². The Morgan fingerprint density at radius 2 is 1.82 bits per heavy atom. The van der Waals surface area contributed by atoms with E-state index in [1.807, 2.05) is 0 Å². The Bertz CT molecular complexity index is 325. The molecule has 0 bridgehead atoms. The fraction of sp³-hybridized carbons (Fsp3) is 1.00. The van der Waals surface area contributed by atoms with Crippen LogP contribution in [0.25, 0.3) is 0 Å². The van der Waals surface area contributed by atoms with Crippen LogP contribution in [0.5, 0.6) is 0 Å². The standard InChI is InChI=1S/C15H26O2/c1-9-4-5-10-12(9)13-11(14(13,2)3)6-7-15(10,17)8-16/h9-13,16-17H,4-8H2,1-3H3/t9-,10+,11-,12-,13-,15?/m1/s1. The van der Waals surface area contributed by atoms with E-state index in [0.717, 1.165) is 37.0 Å². The first kappa shape index (κ1) is 12.0. The number of aliphatic hydroxyl groups excluding tert-OH is 1. The number of hydrogen-bond acceptors (Lipinski definition) is 2. The van der Waals surface area contributed by atoms with Crippen molar-refractivity contribution in [2.45, 2.75) is 52.1 Å². The number of hydrogen-bond donors (Lipinski definition) is 2. The summed E-state index contributed by atoms with van der Waals surface area (Å²) in [6.45, 7) is 7.10. The van der Waals surface area contributed by atoms with Gasteiger partial charge in [0.25, 0.3) is 0 Å². The molecule has 0 aromatic rings. The Balaban J connectivity index is 1.94. The van der Waals surface area contributed by atoms with Crippen molar-refractivity contribution in [3.05, 3.63) is 0 Å². The molecule has 0 aliphatic heterocycles. The lowest BCUT2D eigenvalue weighted by molar-refractivity contribution is -0.0830. The topological polar surface area (TPSA) is 40.5 Å². The Hall–Kier alpha value is -0.0800. The van der Waals surface area contributed by atoms with E-state index >= 15 is 0 Å². The van der Waals surface area contributed by atoms with E-state index < -0.39 is 5.60 Å². The van der Waals surface area contributed by atoms with E-state index in [1.165, 1.54) is 6.42 Å². The molecule has 0 spiro atoms. The van der Waals surface area contributed by atoms with Gasteiger partial charge in [0.2, 0.25) is 0 Å². The van der Waals surface area contributed by atoms with E-state index in [1.54, 1.807) is 0 Å². The summed E-state index contributed by atoms with van der Waals surface area (Å²) in [6, 6.07) is 0. The first-order valence-corrected chi connectivity index (χ1v) is 7.25. The Kier molecular flexibility index (Phi) is 2.45. The molecule has 3 fully saturated rings. The van der Waals surface area contributed by atoms with E-state index in [0.29, 0.717) is 17.3 Å². The number of aliphatic hydroxyl groups is 2. The van der Waals surface area contributed by atoms with Crippen LogP contribution in [0.4, 0.5) is 0 Å². The molecule has 0 saturated heterocycles. The van der Waals surface area contributed by atoms with Crippen LogP contribution >= 0.6 is 0 Å². The Morgan fingerprint density at radius 3 is 2.47 bits per heavy atom. The lowest BCUT2D eigenvalue weighted by Gasteiger charge is -2.37. The van der Waals surface area contributed by atoms with Crippen LogP contribution in [0.3, 0.4) is 0 Å². The first-order chi connectivity index (χ1) is 7.92. The minimum atomic E-state index is -0.779. The van der Waals surface area contributed by atoms with Gasteiger partial charge in [-0.1, -0.05) is 27.2 Å². The highest BCUT2D eigenvalue weighted by atomic mass is 16.3. The second kappa shape index (κ2) is 3.48. The third-order valence-electron chi connectivity index (χ3n) is 6.46. The maximum absolute atomic E-state index is 10.7. The average Bonchev–Trinajstić information content (AvgIpc) is 2.65. The summed E-state index contributed by atoms with van der Waals surface area (Å²) in [4.78, 5) is 0. The molecule has 3 rings (SSSR count). The van der Waals surface area contributed by atoms with Gasteiger partial charge in [0.1, 0.15) is 0 Å². The summed E-state index contributed by atoms with van der Waals surface area (Å²) in [7, 11) is 0. The van der Waals surface area contributed by atoms with Crippen molar-refractivity contribution in [2.75, 3.05) is 6.61 Å². The van der Waals surface area contributed by atoms with Crippen LogP contribution in [0.1, 0.15) is 46.5 Å². The normalized spacial score (nSPS) is 55.9. The molecule has 0 heterocycles. The lowest BCUT2D eigenvalue weighted by Crippen LogP contribution is -2.44. The van der Waals surface area contributed by atoms with Crippen molar-refractivity contribution >= 4 is 0 Å². The zero-order valence-corrected chi connectivity index (χ0v) is 11.3. The largest absolute Gasteiger partial charge is 0.393 e. The molecule has 0 amide bonds. The lowest BCUT2D eigenvalue weighted by atomic mass is 9.74. The summed E-state index contributed by atoms with van der Waals surface area (Å²) < 4.78 is 0. The second-order valence-corrected chi connectivity index (χ2v) is 7.49. The maximum atomic E-state index is 10.7. The SMILES string of the molecule is C[C@@H]1CC[C@H]2[C@@H]1[C@H]1[C@@H](CCC2(O)CO)C1(C)C. The van der Waals surface area contributed by atoms with E-state index in [4.69, 9.17) is 0 Å². The molecule has 2 N–H and O–H groups in total. The molecule has 0 radical (unpaired) electrons. The number of rotatable bonds is 1. The van der Waals surface area contributed by atoms with Gasteiger partial charge < -0.3 is 10.2 Å². The van der Waals surface area contributed by atoms with Crippen LogP contribution in [0, 0.1) is 35.0 Å². The van der Waals surface area contributed by atoms with Gasteiger partial charge in [-0.15, -0.1) is 0 Å². The average molecular weight is 238 g/mol. The highest BCUT2D eigenvalue weighted by molar-refractivity contribution is 5.15. The van der Waals surface area contributed by atoms with Crippen LogP contribution in [-0.2, 0) is 0 Å². The molecule has 0 aromatic heterocycles. The second-order valence-electron chi connectivity index (χ2n) is 7.49. The zero-order valence-electron chi connectivity index (χ0n) is 11.3. The van der Waals surface area contributed by atoms with E-state index in [-0.39, 0.29) is 6.61 Å². The van der Waals surface area contributed by atoms with Crippen LogP contribution in [-0.4, -0.2) is 22.4 Å². The Morgan fingerprint density at radius 1 is 1.12 bits per heavy atom. The molecule has 3 saturated carbocycles. The fourth-order valence-corrected chi connectivity index (χ4v) is 5.34. The molecular weight excluding hydrogens is 212 g/mol. The van der Waals surface area contributed by atoms with Gasteiger partial charge in [-0.2, -0.15) is 0 Å². The maximum Gasteiger partial charge on any atom is 0.0908 e. The van der Waals surface area contributed by atoms with Crippen molar-refractivity contribution in [2.24, 2.45) is 35.0 Å². The summed E-state index contributed by atoms with van der Waals surface area (Å²) in [5.41, 5.74) is -0.294. The smallest absolute Gasteiger partial charge is 0.0908 e. The Labute approximate surface area is 104 Å². The van der Waals surface area contributed by atoms with Crippen LogP contribution in [0.2, 0.25) is 0 Å². The van der Waals surface area contributed by atoms with Crippen molar-refractivity contribution in [3.63, 3.8) is 0 Å². The molecular formula is C15H26O2. The van der Waals surface area contributed by atoms with Gasteiger partial charge in [0, 0.05) is 0 Å². The summed E-state index contributed by atoms with van der Waals surface area (Å²) in [5, 5.41) is 20.3. The predicted octanol–water partition coefficient (Wildman–Crippen LogP) is 2.44. The van der Waals surface area contributed by atoms with Crippen LogP contribution in [0.15, 0.2) is 0 Å². The minimum absolute atomic E-state index is 0.0409.